The second-order valence-corrected chi connectivity index (χ2v) is 5.65. The molecule has 2 N–H and O–H groups in total. The van der Waals surface area contributed by atoms with E-state index in [0.29, 0.717) is 16.1 Å². The minimum absolute atomic E-state index is 0.424. The average molecular weight is 283 g/mol. The first-order valence-electron chi connectivity index (χ1n) is 6.49. The monoisotopic (exact) mass is 282 g/mol. The molecule has 0 spiro atoms. The number of nitrogens with zero attached hydrogens (tertiary/aromatic N) is 1. The van der Waals surface area contributed by atoms with E-state index in [2.05, 4.69) is 11.8 Å². The number of rotatable bonds is 3. The maximum atomic E-state index is 6.04. The Labute approximate surface area is 119 Å². The molecule has 1 aliphatic heterocycles. The van der Waals surface area contributed by atoms with Gasteiger partial charge in [-0.15, -0.1) is 0 Å². The zero-order chi connectivity index (χ0) is 13.1. The summed E-state index contributed by atoms with van der Waals surface area (Å²) in [6, 6.07) is 6.43. The van der Waals surface area contributed by atoms with Gasteiger partial charge in [0.25, 0.3) is 0 Å². The Hall–Kier alpha value is -0.800. The van der Waals surface area contributed by atoms with Crippen molar-refractivity contribution < 1.29 is 0 Å². The van der Waals surface area contributed by atoms with Crippen LogP contribution >= 0.6 is 23.8 Å². The fourth-order valence-corrected chi connectivity index (χ4v) is 3.03. The summed E-state index contributed by atoms with van der Waals surface area (Å²) >= 11 is 11.2. The third kappa shape index (κ3) is 2.78. The van der Waals surface area contributed by atoms with Gasteiger partial charge in [0.15, 0.2) is 0 Å². The molecule has 0 aliphatic carbocycles. The van der Waals surface area contributed by atoms with Crippen LogP contribution < -0.4 is 10.6 Å². The molecule has 1 heterocycles. The Kier molecular flexibility index (Phi) is 4.46. The third-order valence-corrected chi connectivity index (χ3v) is 4.09. The van der Waals surface area contributed by atoms with Crippen LogP contribution in [0, 0.1) is 0 Å². The molecule has 1 atom stereocenters. The molecule has 1 aliphatic rings. The van der Waals surface area contributed by atoms with E-state index in [1.54, 1.807) is 0 Å². The average Bonchev–Trinajstić information content (AvgIpc) is 2.38. The SMILES string of the molecule is CCC1CCCCN1c1ccc(Cl)cc1C(N)=S. The maximum absolute atomic E-state index is 6.04. The van der Waals surface area contributed by atoms with Crippen LogP contribution in [0.4, 0.5) is 5.69 Å². The number of benzene rings is 1. The summed E-state index contributed by atoms with van der Waals surface area (Å²) in [7, 11) is 0. The van der Waals surface area contributed by atoms with Crippen LogP contribution in [0.2, 0.25) is 5.02 Å². The van der Waals surface area contributed by atoms with Crippen molar-refractivity contribution in [2.45, 2.75) is 38.6 Å². The Bertz CT molecular complexity index is 447. The summed E-state index contributed by atoms with van der Waals surface area (Å²) in [6.07, 6.45) is 4.94. The number of piperidine rings is 1. The standard InChI is InChI=1S/C14H19ClN2S/c1-2-11-5-3-4-8-17(11)13-7-6-10(15)9-12(13)14(16)18/h6-7,9,11H,2-5,8H2,1H3,(H2,16,18). The lowest BCUT2D eigenvalue weighted by molar-refractivity contribution is 0.450. The van der Waals surface area contributed by atoms with Crippen molar-refractivity contribution in [2.24, 2.45) is 5.73 Å². The van der Waals surface area contributed by atoms with Crippen LogP contribution in [0.25, 0.3) is 0 Å². The summed E-state index contributed by atoms with van der Waals surface area (Å²) in [5, 5.41) is 0.687. The summed E-state index contributed by atoms with van der Waals surface area (Å²) in [6.45, 7) is 3.31. The van der Waals surface area contributed by atoms with Crippen molar-refractivity contribution >= 4 is 34.5 Å². The highest BCUT2D eigenvalue weighted by Crippen LogP contribution is 2.31. The number of halogens is 1. The molecule has 1 fully saturated rings. The summed E-state index contributed by atoms with van der Waals surface area (Å²) in [5.41, 5.74) is 7.86. The highest BCUT2D eigenvalue weighted by molar-refractivity contribution is 7.80. The van der Waals surface area contributed by atoms with E-state index in [-0.39, 0.29) is 0 Å². The van der Waals surface area contributed by atoms with Crippen LogP contribution in [-0.4, -0.2) is 17.6 Å². The molecule has 1 saturated heterocycles. The second kappa shape index (κ2) is 5.89. The number of thiocarbonyl (C=S) groups is 1. The molecule has 98 valence electrons. The van der Waals surface area contributed by atoms with Crippen LogP contribution in [-0.2, 0) is 0 Å². The van der Waals surface area contributed by atoms with E-state index in [9.17, 15) is 0 Å². The molecule has 1 aromatic rings. The first kappa shape index (κ1) is 13.6. The van der Waals surface area contributed by atoms with Gasteiger partial charge in [-0.05, 0) is 43.9 Å². The molecule has 0 amide bonds. The Morgan fingerprint density at radius 3 is 2.94 bits per heavy atom. The zero-order valence-corrected chi connectivity index (χ0v) is 12.2. The van der Waals surface area contributed by atoms with Gasteiger partial charge in [-0.25, -0.2) is 0 Å². The molecular formula is C14H19ClN2S. The van der Waals surface area contributed by atoms with Crippen molar-refractivity contribution in [3.63, 3.8) is 0 Å². The van der Waals surface area contributed by atoms with Crippen LogP contribution in [0.15, 0.2) is 18.2 Å². The number of hydrogen-bond acceptors (Lipinski definition) is 2. The van der Waals surface area contributed by atoms with Crippen LogP contribution in [0.3, 0.4) is 0 Å². The molecule has 0 saturated carbocycles. The van der Waals surface area contributed by atoms with Crippen molar-refractivity contribution in [3.8, 4) is 0 Å². The van der Waals surface area contributed by atoms with Gasteiger partial charge in [-0.2, -0.15) is 0 Å². The molecule has 0 radical (unpaired) electrons. The van der Waals surface area contributed by atoms with E-state index >= 15 is 0 Å². The van der Waals surface area contributed by atoms with Gasteiger partial charge < -0.3 is 10.6 Å². The number of hydrogen-bond donors (Lipinski definition) is 1. The lowest BCUT2D eigenvalue weighted by Gasteiger charge is -2.38. The molecular weight excluding hydrogens is 264 g/mol. The molecule has 4 heteroatoms. The number of anilines is 1. The number of nitrogens with two attached hydrogens (primary N) is 1. The van der Waals surface area contributed by atoms with E-state index in [0.717, 1.165) is 24.2 Å². The first-order valence-corrected chi connectivity index (χ1v) is 7.28. The summed E-state index contributed by atoms with van der Waals surface area (Å²) in [4.78, 5) is 2.86. The molecule has 18 heavy (non-hydrogen) atoms. The summed E-state index contributed by atoms with van der Waals surface area (Å²) in [5.74, 6) is 0. The van der Waals surface area contributed by atoms with Crippen molar-refractivity contribution in [1.29, 1.82) is 0 Å². The van der Waals surface area contributed by atoms with Gasteiger partial charge in [0.1, 0.15) is 4.99 Å². The predicted molar refractivity (Wildman–Crippen MR) is 82.6 cm³/mol. The third-order valence-electron chi connectivity index (χ3n) is 3.63. The molecule has 2 nitrogen and oxygen atoms in total. The second-order valence-electron chi connectivity index (χ2n) is 4.78. The quantitative estimate of drug-likeness (QED) is 0.857. The fraction of sp³-hybridized carbons (Fsp3) is 0.500. The largest absolute Gasteiger partial charge is 0.389 e. The first-order chi connectivity index (χ1) is 8.63. The van der Waals surface area contributed by atoms with Crippen LogP contribution in [0.5, 0.6) is 0 Å². The Balaban J connectivity index is 2.39. The van der Waals surface area contributed by atoms with Gasteiger partial charge in [0.2, 0.25) is 0 Å². The minimum atomic E-state index is 0.424. The highest BCUT2D eigenvalue weighted by atomic mass is 35.5. The van der Waals surface area contributed by atoms with Crippen molar-refractivity contribution in [2.75, 3.05) is 11.4 Å². The summed E-state index contributed by atoms with van der Waals surface area (Å²) < 4.78 is 0. The van der Waals surface area contributed by atoms with E-state index < -0.39 is 0 Å². The van der Waals surface area contributed by atoms with Crippen molar-refractivity contribution in [1.82, 2.24) is 0 Å². The molecule has 2 rings (SSSR count). The van der Waals surface area contributed by atoms with Crippen LogP contribution in [0.1, 0.15) is 38.2 Å². The molecule has 0 bridgehead atoms. The lowest BCUT2D eigenvalue weighted by Crippen LogP contribution is -2.40. The predicted octanol–water partition coefficient (Wildman–Crippen LogP) is 3.74. The minimum Gasteiger partial charge on any atom is -0.389 e. The van der Waals surface area contributed by atoms with E-state index in [4.69, 9.17) is 29.6 Å². The maximum Gasteiger partial charge on any atom is 0.106 e. The Morgan fingerprint density at radius 1 is 1.50 bits per heavy atom. The Morgan fingerprint density at radius 2 is 2.28 bits per heavy atom. The topological polar surface area (TPSA) is 29.3 Å². The molecule has 1 aromatic carbocycles. The normalized spacial score (nSPS) is 19.9. The van der Waals surface area contributed by atoms with E-state index in [1.807, 2.05) is 18.2 Å². The highest BCUT2D eigenvalue weighted by Gasteiger charge is 2.23. The van der Waals surface area contributed by atoms with Gasteiger partial charge in [0.05, 0.1) is 0 Å². The van der Waals surface area contributed by atoms with Gasteiger partial charge in [0, 0.05) is 28.9 Å². The zero-order valence-electron chi connectivity index (χ0n) is 10.7. The van der Waals surface area contributed by atoms with Gasteiger partial charge in [-0.1, -0.05) is 30.7 Å². The van der Waals surface area contributed by atoms with Gasteiger partial charge >= 0.3 is 0 Å². The van der Waals surface area contributed by atoms with Crippen molar-refractivity contribution in [3.05, 3.63) is 28.8 Å². The molecule has 0 aromatic heterocycles. The van der Waals surface area contributed by atoms with E-state index in [1.165, 1.54) is 19.3 Å². The van der Waals surface area contributed by atoms with Gasteiger partial charge in [-0.3, -0.25) is 0 Å². The lowest BCUT2D eigenvalue weighted by atomic mass is 9.98. The molecule has 1 unspecified atom stereocenters. The smallest absolute Gasteiger partial charge is 0.106 e. The fourth-order valence-electron chi connectivity index (χ4n) is 2.70.